The molecule has 0 aliphatic carbocycles. The molecular weight excluding hydrogens is 530 g/mol. The number of rotatable bonds is 3. The molecule has 0 radical (unpaired) electrons. The Kier molecular flexibility index (Phi) is 5.30. The summed E-state index contributed by atoms with van der Waals surface area (Å²) in [6, 6.07) is 13.2. The zero-order chi connectivity index (χ0) is 22.8. The highest BCUT2D eigenvalue weighted by molar-refractivity contribution is 9.10. The maximum atomic E-state index is 14.3. The van der Waals surface area contributed by atoms with Gasteiger partial charge in [0.15, 0.2) is 5.54 Å². The van der Waals surface area contributed by atoms with Crippen LogP contribution < -0.4 is 5.32 Å². The molecule has 0 aromatic heterocycles. The normalized spacial score (nSPS) is 29.3. The maximum absolute atomic E-state index is 14.3. The van der Waals surface area contributed by atoms with Crippen LogP contribution >= 0.6 is 51.5 Å². The third-order valence-corrected chi connectivity index (χ3v) is 9.27. The number of benzene rings is 2. The number of likely N-dealkylation sites (tertiary alicyclic amines) is 1. The van der Waals surface area contributed by atoms with Crippen LogP contribution in [0.1, 0.15) is 17.0 Å². The van der Waals surface area contributed by atoms with E-state index in [1.165, 1.54) is 11.8 Å². The van der Waals surface area contributed by atoms with Crippen LogP contribution in [0.2, 0.25) is 5.02 Å². The molecule has 2 aromatic carbocycles. The van der Waals surface area contributed by atoms with Gasteiger partial charge >= 0.3 is 0 Å². The summed E-state index contributed by atoms with van der Waals surface area (Å²) >= 11 is 16.9. The van der Waals surface area contributed by atoms with Gasteiger partial charge in [-0.2, -0.15) is 0 Å². The van der Waals surface area contributed by atoms with Crippen LogP contribution in [0.4, 0.5) is 5.69 Å². The number of hydrogen-bond donors (Lipinski definition) is 1. The van der Waals surface area contributed by atoms with E-state index in [-0.39, 0.29) is 17.7 Å². The number of thiocarbonyl (C=S) groups is 1. The third kappa shape index (κ3) is 2.70. The fraction of sp³-hybridized carbons (Fsp3) is 0.261. The lowest BCUT2D eigenvalue weighted by Crippen LogP contribution is -2.61. The lowest BCUT2D eigenvalue weighted by atomic mass is 9.72. The summed E-state index contributed by atoms with van der Waals surface area (Å²) < 4.78 is 0.0959. The maximum Gasteiger partial charge on any atom is 0.251 e. The summed E-state index contributed by atoms with van der Waals surface area (Å²) in [6.45, 7) is 4.57. The molecule has 3 unspecified atom stereocenters. The Bertz CT molecular complexity index is 1210. The second-order valence-electron chi connectivity index (χ2n) is 8.15. The van der Waals surface area contributed by atoms with Crippen molar-refractivity contribution in [3.05, 3.63) is 75.7 Å². The predicted octanol–water partition coefficient (Wildman–Crippen LogP) is 4.76. The number of nitrogens with zero attached hydrogens (tertiary/aromatic N) is 2. The van der Waals surface area contributed by atoms with Crippen molar-refractivity contribution in [2.45, 2.75) is 16.2 Å². The molecule has 2 amide bonds. The molecule has 3 atom stereocenters. The van der Waals surface area contributed by atoms with E-state index < -0.39 is 10.3 Å². The molecule has 164 valence electrons. The summed E-state index contributed by atoms with van der Waals surface area (Å²) in [7, 11) is 1.90. The fourth-order valence-electron chi connectivity index (χ4n) is 5.40. The van der Waals surface area contributed by atoms with Crippen LogP contribution in [0.3, 0.4) is 0 Å². The van der Waals surface area contributed by atoms with E-state index in [1.807, 2.05) is 48.3 Å². The quantitative estimate of drug-likeness (QED) is 0.443. The summed E-state index contributed by atoms with van der Waals surface area (Å²) in [5, 5.41) is 3.61. The smallest absolute Gasteiger partial charge is 0.251 e. The number of carbonyl (C=O) groups is 2. The van der Waals surface area contributed by atoms with Gasteiger partial charge in [-0.1, -0.05) is 69.7 Å². The molecule has 3 aliphatic rings. The second-order valence-corrected chi connectivity index (χ2v) is 11.4. The van der Waals surface area contributed by atoms with Crippen LogP contribution in [-0.4, -0.2) is 50.8 Å². The van der Waals surface area contributed by atoms with Crippen molar-refractivity contribution in [1.29, 1.82) is 0 Å². The van der Waals surface area contributed by atoms with Gasteiger partial charge < -0.3 is 5.32 Å². The predicted molar refractivity (Wildman–Crippen MR) is 136 cm³/mol. The van der Waals surface area contributed by atoms with Crippen molar-refractivity contribution >= 4 is 73.3 Å². The van der Waals surface area contributed by atoms with Gasteiger partial charge in [-0.05, 0) is 42.9 Å². The summed E-state index contributed by atoms with van der Waals surface area (Å²) in [5.41, 5.74) is 1.15. The molecule has 32 heavy (non-hydrogen) atoms. The summed E-state index contributed by atoms with van der Waals surface area (Å²) in [6.07, 6.45) is 1.66. The molecule has 5 rings (SSSR count). The van der Waals surface area contributed by atoms with Gasteiger partial charge in [-0.15, -0.1) is 6.58 Å². The van der Waals surface area contributed by atoms with Crippen molar-refractivity contribution < 1.29 is 9.59 Å². The van der Waals surface area contributed by atoms with Gasteiger partial charge in [0, 0.05) is 39.8 Å². The largest absolute Gasteiger partial charge is 0.324 e. The van der Waals surface area contributed by atoms with Gasteiger partial charge in [0.25, 0.3) is 5.91 Å². The zero-order valence-corrected chi connectivity index (χ0v) is 21.1. The lowest BCUT2D eigenvalue weighted by molar-refractivity contribution is -0.137. The minimum atomic E-state index is -1.24. The summed E-state index contributed by atoms with van der Waals surface area (Å²) in [4.78, 5) is 31.7. The zero-order valence-electron chi connectivity index (χ0n) is 17.1. The first kappa shape index (κ1) is 22.1. The number of thioether (sulfide) groups is 1. The van der Waals surface area contributed by atoms with Crippen molar-refractivity contribution in [2.24, 2.45) is 0 Å². The Labute approximate surface area is 209 Å². The van der Waals surface area contributed by atoms with Crippen LogP contribution in [0, 0.1) is 0 Å². The number of carbonyl (C=O) groups excluding carboxylic acids is 2. The summed E-state index contributed by atoms with van der Waals surface area (Å²) in [5.74, 6) is -0.710. The average molecular weight is 549 g/mol. The average Bonchev–Trinajstić information content (AvgIpc) is 3.29. The standard InChI is InChI=1S/C23H19BrClN3O2S2/c1-3-9-28-20(30)23(32-21(28)31)17(13-5-4-6-15(25)10-13)12-27(2)22(23)16-11-14(24)7-8-18(16)26-19(22)29/h3-8,10-11,17H,1,9,12H2,2H3,(H,26,29). The van der Waals surface area contributed by atoms with E-state index >= 15 is 0 Å². The van der Waals surface area contributed by atoms with Gasteiger partial charge in [-0.25, -0.2) is 0 Å². The van der Waals surface area contributed by atoms with Gasteiger partial charge in [0.05, 0.1) is 0 Å². The van der Waals surface area contributed by atoms with Crippen LogP contribution in [0.5, 0.6) is 0 Å². The molecule has 2 aromatic rings. The molecule has 3 heterocycles. The Balaban J connectivity index is 1.83. The first-order valence-electron chi connectivity index (χ1n) is 10.0. The third-order valence-electron chi connectivity index (χ3n) is 6.60. The Morgan fingerprint density at radius 2 is 2.12 bits per heavy atom. The highest BCUT2D eigenvalue weighted by Gasteiger charge is 2.77. The van der Waals surface area contributed by atoms with Crippen molar-refractivity contribution in [1.82, 2.24) is 9.80 Å². The van der Waals surface area contributed by atoms with Crippen LogP contribution in [0.25, 0.3) is 0 Å². The number of halogens is 2. The Morgan fingerprint density at radius 1 is 1.34 bits per heavy atom. The SMILES string of the molecule is C=CCN1C(=O)C2(SC1=S)C(c1cccc(Cl)c1)CN(C)C21C(=O)Nc2ccc(Br)cc21. The topological polar surface area (TPSA) is 52.7 Å². The molecule has 2 fully saturated rings. The van der Waals surface area contributed by atoms with Crippen molar-refractivity contribution in [3.8, 4) is 0 Å². The van der Waals surface area contributed by atoms with E-state index in [0.29, 0.717) is 28.1 Å². The number of anilines is 1. The molecular formula is C23H19BrClN3O2S2. The second kappa shape index (κ2) is 7.67. The van der Waals surface area contributed by atoms with Crippen LogP contribution in [0.15, 0.2) is 59.6 Å². The molecule has 5 nitrogen and oxygen atoms in total. The number of amides is 2. The first-order chi connectivity index (χ1) is 15.3. The van der Waals surface area contributed by atoms with E-state index in [2.05, 4.69) is 27.8 Å². The monoisotopic (exact) mass is 547 g/mol. The number of nitrogens with one attached hydrogen (secondary N) is 1. The highest BCUT2D eigenvalue weighted by atomic mass is 79.9. The van der Waals surface area contributed by atoms with Gasteiger partial charge in [0.2, 0.25) is 5.91 Å². The number of fused-ring (bicyclic) bond motifs is 3. The molecule has 2 saturated heterocycles. The van der Waals surface area contributed by atoms with Gasteiger partial charge in [-0.3, -0.25) is 19.4 Å². The minimum Gasteiger partial charge on any atom is -0.324 e. The van der Waals surface area contributed by atoms with Crippen molar-refractivity contribution in [2.75, 3.05) is 25.5 Å². The lowest BCUT2D eigenvalue weighted by Gasteiger charge is -2.41. The Hall–Kier alpha value is -1.71. The molecule has 2 spiro atoms. The fourth-order valence-corrected chi connectivity index (χ4v) is 8.11. The van der Waals surface area contributed by atoms with E-state index in [4.69, 9.17) is 23.8 Å². The molecule has 9 heteroatoms. The number of hydrogen-bond acceptors (Lipinski definition) is 5. The Morgan fingerprint density at radius 3 is 2.84 bits per heavy atom. The molecule has 0 bridgehead atoms. The number of likely N-dealkylation sites (N-methyl/N-ethyl adjacent to an activating group) is 1. The molecule has 1 N–H and O–H groups in total. The van der Waals surface area contributed by atoms with E-state index in [9.17, 15) is 9.59 Å². The first-order valence-corrected chi connectivity index (χ1v) is 12.4. The van der Waals surface area contributed by atoms with E-state index in [1.54, 1.807) is 17.0 Å². The molecule has 0 saturated carbocycles. The van der Waals surface area contributed by atoms with Crippen molar-refractivity contribution in [3.63, 3.8) is 0 Å². The highest BCUT2D eigenvalue weighted by Crippen LogP contribution is 2.66. The molecule has 3 aliphatic heterocycles. The van der Waals surface area contributed by atoms with Crippen LogP contribution in [-0.2, 0) is 15.1 Å². The van der Waals surface area contributed by atoms with Gasteiger partial charge in [0.1, 0.15) is 9.07 Å². The van der Waals surface area contributed by atoms with E-state index in [0.717, 1.165) is 15.6 Å². The minimum absolute atomic E-state index is 0.176.